The van der Waals surface area contributed by atoms with Gasteiger partial charge in [0.2, 0.25) is 5.82 Å². The van der Waals surface area contributed by atoms with Gasteiger partial charge in [-0.25, -0.2) is 4.39 Å². The molecule has 146 valence electrons. The molecular formula is C23H28F2O2. The third kappa shape index (κ3) is 4.67. The molecule has 0 saturated carbocycles. The first-order valence-corrected chi connectivity index (χ1v) is 9.95. The largest absolute Gasteiger partial charge is 0.490 e. The van der Waals surface area contributed by atoms with Crippen LogP contribution >= 0.6 is 0 Å². The Balaban J connectivity index is 1.64. The van der Waals surface area contributed by atoms with Crippen LogP contribution in [0.15, 0.2) is 36.4 Å². The number of aryl methyl sites for hydroxylation is 1. The second-order valence-electron chi connectivity index (χ2n) is 7.22. The van der Waals surface area contributed by atoms with Crippen molar-refractivity contribution in [1.82, 2.24) is 0 Å². The number of halogens is 2. The molecule has 2 aromatic carbocycles. The highest BCUT2D eigenvalue weighted by molar-refractivity contribution is 5.33. The summed E-state index contributed by atoms with van der Waals surface area (Å²) in [5.41, 5.74) is 2.87. The summed E-state index contributed by atoms with van der Waals surface area (Å²) in [6.07, 6.45) is 4.55. The fourth-order valence-corrected chi connectivity index (χ4v) is 3.63. The molecule has 1 aliphatic rings. The third-order valence-electron chi connectivity index (χ3n) is 5.14. The molecular weight excluding hydrogens is 346 g/mol. The van der Waals surface area contributed by atoms with Gasteiger partial charge in [-0.05, 0) is 48.4 Å². The lowest BCUT2D eigenvalue weighted by Gasteiger charge is -2.30. The minimum absolute atomic E-state index is 0.0140. The van der Waals surface area contributed by atoms with E-state index in [0.717, 1.165) is 37.7 Å². The van der Waals surface area contributed by atoms with E-state index in [0.29, 0.717) is 18.8 Å². The summed E-state index contributed by atoms with van der Waals surface area (Å²) in [4.78, 5) is 0. The van der Waals surface area contributed by atoms with Crippen LogP contribution in [-0.4, -0.2) is 13.2 Å². The van der Waals surface area contributed by atoms with E-state index >= 15 is 0 Å². The van der Waals surface area contributed by atoms with Crippen molar-refractivity contribution >= 4 is 0 Å². The van der Waals surface area contributed by atoms with Gasteiger partial charge >= 0.3 is 0 Å². The van der Waals surface area contributed by atoms with E-state index in [4.69, 9.17) is 9.47 Å². The summed E-state index contributed by atoms with van der Waals surface area (Å²) in [5.74, 6) is -1.84. The van der Waals surface area contributed by atoms with Gasteiger partial charge in [-0.15, -0.1) is 0 Å². The minimum Gasteiger partial charge on any atom is -0.490 e. The molecule has 0 aromatic heterocycles. The van der Waals surface area contributed by atoms with Crippen LogP contribution in [0.1, 0.15) is 68.2 Å². The quantitative estimate of drug-likeness (QED) is 0.563. The maximum atomic E-state index is 14.5. The van der Waals surface area contributed by atoms with Crippen molar-refractivity contribution in [2.24, 2.45) is 0 Å². The van der Waals surface area contributed by atoms with Crippen LogP contribution in [0.5, 0.6) is 5.75 Å². The first-order valence-electron chi connectivity index (χ1n) is 9.95. The second-order valence-corrected chi connectivity index (χ2v) is 7.22. The minimum atomic E-state index is -0.894. The van der Waals surface area contributed by atoms with E-state index in [9.17, 15) is 8.78 Å². The van der Waals surface area contributed by atoms with Crippen molar-refractivity contribution in [2.45, 2.75) is 58.0 Å². The van der Waals surface area contributed by atoms with Gasteiger partial charge in [0.05, 0.1) is 19.3 Å². The molecule has 0 bridgehead atoms. The molecule has 4 heteroatoms. The highest BCUT2D eigenvalue weighted by Crippen LogP contribution is 2.38. The van der Waals surface area contributed by atoms with E-state index in [1.54, 1.807) is 6.07 Å². The normalized spacial score (nSPS) is 19.9. The van der Waals surface area contributed by atoms with Crippen molar-refractivity contribution in [1.29, 1.82) is 0 Å². The Labute approximate surface area is 160 Å². The van der Waals surface area contributed by atoms with Gasteiger partial charge in [0.1, 0.15) is 0 Å². The van der Waals surface area contributed by atoms with E-state index in [1.165, 1.54) is 11.6 Å². The topological polar surface area (TPSA) is 18.5 Å². The van der Waals surface area contributed by atoms with Crippen LogP contribution in [0.4, 0.5) is 8.78 Å². The van der Waals surface area contributed by atoms with Crippen LogP contribution in [0, 0.1) is 11.6 Å². The van der Waals surface area contributed by atoms with Crippen molar-refractivity contribution in [3.63, 3.8) is 0 Å². The van der Waals surface area contributed by atoms with Gasteiger partial charge in [-0.2, -0.15) is 4.39 Å². The SMILES string of the molecule is CCCOc1ccc(C2CCC(c3ccc(CCC)cc3)OC2)c(F)c1F. The molecule has 27 heavy (non-hydrogen) atoms. The molecule has 0 N–H and O–H groups in total. The molecule has 1 fully saturated rings. The molecule has 0 aliphatic carbocycles. The smallest absolute Gasteiger partial charge is 0.200 e. The standard InChI is InChI=1S/C23H28F2O2/c1-3-5-16-6-8-17(9-7-16)20-12-10-18(15-27-20)19-11-13-21(26-14-4-2)23(25)22(19)24/h6-9,11,13,18,20H,3-5,10,12,14-15H2,1-2H3. The molecule has 2 atom stereocenters. The van der Waals surface area contributed by atoms with Crippen molar-refractivity contribution < 1.29 is 18.3 Å². The summed E-state index contributed by atoms with van der Waals surface area (Å²) in [6, 6.07) is 11.7. The average Bonchev–Trinajstić information content (AvgIpc) is 2.70. The highest BCUT2D eigenvalue weighted by Gasteiger charge is 2.28. The predicted octanol–water partition coefficient (Wildman–Crippen LogP) is 6.34. The number of benzene rings is 2. The molecule has 3 rings (SSSR count). The zero-order chi connectivity index (χ0) is 19.2. The van der Waals surface area contributed by atoms with Gasteiger partial charge < -0.3 is 9.47 Å². The molecule has 0 radical (unpaired) electrons. The predicted molar refractivity (Wildman–Crippen MR) is 103 cm³/mol. The van der Waals surface area contributed by atoms with Crippen LogP contribution in [0.2, 0.25) is 0 Å². The molecule has 2 unspecified atom stereocenters. The van der Waals surface area contributed by atoms with Crippen LogP contribution in [-0.2, 0) is 11.2 Å². The van der Waals surface area contributed by atoms with Gasteiger partial charge in [-0.3, -0.25) is 0 Å². The maximum absolute atomic E-state index is 14.5. The summed E-state index contributed by atoms with van der Waals surface area (Å²) in [6.45, 7) is 4.87. The number of ether oxygens (including phenoxy) is 2. The monoisotopic (exact) mass is 374 g/mol. The molecule has 2 aromatic rings. The lowest BCUT2D eigenvalue weighted by molar-refractivity contribution is 0.00160. The van der Waals surface area contributed by atoms with E-state index in [-0.39, 0.29) is 17.8 Å². The molecule has 1 heterocycles. The number of rotatable bonds is 7. The zero-order valence-corrected chi connectivity index (χ0v) is 16.1. The molecule has 1 aliphatic heterocycles. The summed E-state index contributed by atoms with van der Waals surface area (Å²) in [5, 5.41) is 0. The van der Waals surface area contributed by atoms with Crippen molar-refractivity contribution in [3.05, 3.63) is 64.7 Å². The van der Waals surface area contributed by atoms with Crippen LogP contribution in [0.25, 0.3) is 0 Å². The van der Waals surface area contributed by atoms with E-state index in [2.05, 4.69) is 31.2 Å². The Morgan fingerprint density at radius 3 is 2.37 bits per heavy atom. The fraction of sp³-hybridized carbons (Fsp3) is 0.478. The number of hydrogen-bond acceptors (Lipinski definition) is 2. The summed E-state index contributed by atoms with van der Waals surface area (Å²) >= 11 is 0. The fourth-order valence-electron chi connectivity index (χ4n) is 3.63. The summed E-state index contributed by atoms with van der Waals surface area (Å²) in [7, 11) is 0. The van der Waals surface area contributed by atoms with Crippen LogP contribution < -0.4 is 4.74 Å². The lowest BCUT2D eigenvalue weighted by Crippen LogP contribution is -2.20. The summed E-state index contributed by atoms with van der Waals surface area (Å²) < 4.78 is 40.0. The van der Waals surface area contributed by atoms with Crippen molar-refractivity contribution in [3.8, 4) is 5.75 Å². The molecule has 0 spiro atoms. The van der Waals surface area contributed by atoms with Crippen molar-refractivity contribution in [2.75, 3.05) is 13.2 Å². The van der Waals surface area contributed by atoms with Gasteiger partial charge in [0, 0.05) is 5.92 Å². The van der Waals surface area contributed by atoms with E-state index < -0.39 is 11.6 Å². The Bertz CT molecular complexity index is 735. The second kappa shape index (κ2) is 9.32. The third-order valence-corrected chi connectivity index (χ3v) is 5.14. The molecule has 2 nitrogen and oxygen atoms in total. The average molecular weight is 374 g/mol. The zero-order valence-electron chi connectivity index (χ0n) is 16.1. The Morgan fingerprint density at radius 1 is 0.963 bits per heavy atom. The molecule has 0 amide bonds. The lowest BCUT2D eigenvalue weighted by atomic mass is 9.89. The van der Waals surface area contributed by atoms with Gasteiger partial charge in [-0.1, -0.05) is 50.6 Å². The Hall–Kier alpha value is -1.94. The Kier molecular flexibility index (Phi) is 6.84. The maximum Gasteiger partial charge on any atom is 0.200 e. The highest BCUT2D eigenvalue weighted by atomic mass is 19.2. The first kappa shape index (κ1) is 19.8. The van der Waals surface area contributed by atoms with Crippen LogP contribution in [0.3, 0.4) is 0 Å². The first-order chi connectivity index (χ1) is 13.1. The van der Waals surface area contributed by atoms with Gasteiger partial charge in [0.15, 0.2) is 11.6 Å². The number of hydrogen-bond donors (Lipinski definition) is 0. The van der Waals surface area contributed by atoms with E-state index in [1.807, 2.05) is 6.92 Å². The van der Waals surface area contributed by atoms with Gasteiger partial charge in [0.25, 0.3) is 0 Å². The Morgan fingerprint density at radius 2 is 1.74 bits per heavy atom. The molecule has 1 saturated heterocycles.